The number of ether oxygens (including phenoxy) is 2. The average Bonchev–Trinajstić information content (AvgIpc) is 3.21. The summed E-state index contributed by atoms with van der Waals surface area (Å²) >= 11 is 0. The molecule has 2 saturated heterocycles. The lowest BCUT2D eigenvalue weighted by molar-refractivity contribution is -0.138. The van der Waals surface area contributed by atoms with Gasteiger partial charge in [-0.15, -0.1) is 0 Å². The number of carboxylic acids is 1. The fourth-order valence-corrected chi connectivity index (χ4v) is 3.66. The van der Waals surface area contributed by atoms with Gasteiger partial charge in [-0.05, 0) is 73.6 Å². The molecule has 0 saturated carbocycles. The minimum Gasteiger partial charge on any atom is -0.481 e. The third kappa shape index (κ3) is 10.2. The summed E-state index contributed by atoms with van der Waals surface area (Å²) in [5.41, 5.74) is -0.975. The van der Waals surface area contributed by atoms with Gasteiger partial charge in [-0.1, -0.05) is 0 Å². The molecule has 9 heteroatoms. The monoisotopic (exact) mass is 444 g/mol. The Bertz CT molecular complexity index is 610. The first-order valence-electron chi connectivity index (χ1n) is 11.1. The third-order valence-corrected chi connectivity index (χ3v) is 4.88. The van der Waals surface area contributed by atoms with Crippen LogP contribution in [0, 0.1) is 0 Å². The Balaban J connectivity index is 0.000000311. The summed E-state index contributed by atoms with van der Waals surface area (Å²) in [6.07, 6.45) is 3.56. The summed E-state index contributed by atoms with van der Waals surface area (Å²) in [4.78, 5) is 37.4. The van der Waals surface area contributed by atoms with Crippen molar-refractivity contribution in [2.45, 2.75) is 103 Å². The molecule has 0 aromatic heterocycles. The van der Waals surface area contributed by atoms with Crippen LogP contribution in [0.25, 0.3) is 0 Å². The predicted octanol–water partition coefficient (Wildman–Crippen LogP) is 3.63. The highest BCUT2D eigenvalue weighted by molar-refractivity contribution is 5.72. The molecule has 2 N–H and O–H groups in total. The van der Waals surface area contributed by atoms with Crippen LogP contribution in [-0.4, -0.2) is 81.2 Å². The van der Waals surface area contributed by atoms with Crippen molar-refractivity contribution in [3.8, 4) is 0 Å². The van der Waals surface area contributed by atoms with Gasteiger partial charge in [0.05, 0.1) is 6.42 Å². The Morgan fingerprint density at radius 2 is 1.26 bits per heavy atom. The molecule has 0 radical (unpaired) electrons. The van der Waals surface area contributed by atoms with Crippen molar-refractivity contribution in [1.82, 2.24) is 9.80 Å². The largest absolute Gasteiger partial charge is 0.481 e. The lowest BCUT2D eigenvalue weighted by Gasteiger charge is -2.28. The van der Waals surface area contributed by atoms with Crippen molar-refractivity contribution in [3.63, 3.8) is 0 Å². The van der Waals surface area contributed by atoms with E-state index in [2.05, 4.69) is 0 Å². The van der Waals surface area contributed by atoms with Crippen molar-refractivity contribution in [2.75, 3.05) is 19.7 Å². The standard InChI is InChI=1S/C11H19NO4.C11H21NO3/c1-11(2,3)16-10(15)12-6-4-5-8(12)7-9(13)14;1-11(2,3)15-10(14)12-7-4-5-9(12)6-8-13/h8H,4-7H2,1-3H3,(H,13,14);9,13H,4-8H2,1-3H3/t8-;9-/m11/s1. The van der Waals surface area contributed by atoms with Crippen LogP contribution in [0.4, 0.5) is 9.59 Å². The van der Waals surface area contributed by atoms with Gasteiger partial charge in [-0.3, -0.25) is 4.79 Å². The van der Waals surface area contributed by atoms with Crippen LogP contribution in [0.2, 0.25) is 0 Å². The fourth-order valence-electron chi connectivity index (χ4n) is 3.66. The van der Waals surface area contributed by atoms with Crippen molar-refractivity contribution in [1.29, 1.82) is 0 Å². The molecule has 2 fully saturated rings. The number of aliphatic carboxylic acids is 1. The van der Waals surface area contributed by atoms with Crippen LogP contribution in [0.15, 0.2) is 0 Å². The molecule has 0 bridgehead atoms. The second-order valence-electron chi connectivity index (χ2n) is 10.0. The molecule has 2 aliphatic heterocycles. The van der Waals surface area contributed by atoms with Crippen molar-refractivity contribution >= 4 is 18.2 Å². The first-order chi connectivity index (χ1) is 14.2. The van der Waals surface area contributed by atoms with Crippen LogP contribution in [0.5, 0.6) is 0 Å². The SMILES string of the molecule is CC(C)(C)OC(=O)N1CCC[C@@H]1CC(=O)O.CC(C)(C)OC(=O)N1CCC[C@@H]1CCO. The number of hydrogen-bond donors (Lipinski definition) is 2. The van der Waals surface area contributed by atoms with Gasteiger partial charge >= 0.3 is 18.2 Å². The van der Waals surface area contributed by atoms with Gasteiger partial charge in [-0.25, -0.2) is 9.59 Å². The predicted molar refractivity (Wildman–Crippen MR) is 116 cm³/mol. The second-order valence-corrected chi connectivity index (χ2v) is 10.0. The number of aliphatic hydroxyl groups is 1. The maximum atomic E-state index is 11.8. The van der Waals surface area contributed by atoms with Gasteiger partial charge in [-0.2, -0.15) is 0 Å². The minimum atomic E-state index is -0.875. The van der Waals surface area contributed by atoms with Crippen molar-refractivity contribution in [3.05, 3.63) is 0 Å². The quantitative estimate of drug-likeness (QED) is 0.680. The highest BCUT2D eigenvalue weighted by Gasteiger charge is 2.33. The van der Waals surface area contributed by atoms with Crippen LogP contribution >= 0.6 is 0 Å². The smallest absolute Gasteiger partial charge is 0.410 e. The summed E-state index contributed by atoms with van der Waals surface area (Å²) in [7, 11) is 0. The number of rotatable bonds is 4. The maximum Gasteiger partial charge on any atom is 0.410 e. The first kappa shape index (κ1) is 27.0. The number of aliphatic hydroxyl groups excluding tert-OH is 1. The molecule has 180 valence electrons. The molecule has 9 nitrogen and oxygen atoms in total. The van der Waals surface area contributed by atoms with E-state index in [1.807, 2.05) is 20.8 Å². The second kappa shape index (κ2) is 11.5. The molecule has 0 aromatic carbocycles. The molecule has 31 heavy (non-hydrogen) atoms. The summed E-state index contributed by atoms with van der Waals surface area (Å²) in [6.45, 7) is 12.5. The van der Waals surface area contributed by atoms with E-state index >= 15 is 0 Å². The summed E-state index contributed by atoms with van der Waals surface area (Å²) in [5, 5.41) is 17.6. The molecule has 2 heterocycles. The van der Waals surface area contributed by atoms with E-state index < -0.39 is 23.3 Å². The summed E-state index contributed by atoms with van der Waals surface area (Å²) in [6, 6.07) is -0.0581. The van der Waals surface area contributed by atoms with E-state index in [9.17, 15) is 14.4 Å². The lowest BCUT2D eigenvalue weighted by atomic mass is 10.1. The Morgan fingerprint density at radius 1 is 0.839 bits per heavy atom. The molecule has 0 aromatic rings. The Kier molecular flexibility index (Phi) is 10.1. The van der Waals surface area contributed by atoms with Gasteiger partial charge in [0.2, 0.25) is 0 Å². The van der Waals surface area contributed by atoms with Crippen molar-refractivity contribution < 1.29 is 34.1 Å². The number of carbonyl (C=O) groups is 3. The maximum absolute atomic E-state index is 11.8. The van der Waals surface area contributed by atoms with Crippen LogP contribution in [0.1, 0.15) is 80.1 Å². The fraction of sp³-hybridized carbons (Fsp3) is 0.864. The molecular formula is C22H40N2O7. The van der Waals surface area contributed by atoms with E-state index in [1.54, 1.807) is 25.7 Å². The number of carbonyl (C=O) groups excluding carboxylic acids is 2. The molecule has 2 amide bonds. The number of hydrogen-bond acceptors (Lipinski definition) is 6. The average molecular weight is 445 g/mol. The Labute approximate surface area is 185 Å². The number of carboxylic acid groups (broad SMARTS) is 1. The van der Waals surface area contributed by atoms with Gasteiger partial charge < -0.3 is 29.5 Å². The zero-order valence-electron chi connectivity index (χ0n) is 19.8. The first-order valence-corrected chi connectivity index (χ1v) is 11.1. The van der Waals surface area contributed by atoms with Crippen LogP contribution in [0.3, 0.4) is 0 Å². The summed E-state index contributed by atoms with van der Waals surface area (Å²) in [5.74, 6) is -0.875. The molecule has 2 atom stereocenters. The van der Waals surface area contributed by atoms with E-state index in [-0.39, 0.29) is 31.2 Å². The normalized spacial score (nSPS) is 21.4. The molecule has 2 aliphatic rings. The van der Waals surface area contributed by atoms with Gasteiger partial charge in [0.1, 0.15) is 11.2 Å². The highest BCUT2D eigenvalue weighted by atomic mass is 16.6. The molecule has 0 unspecified atom stereocenters. The van der Waals surface area contributed by atoms with E-state index in [1.165, 1.54) is 4.90 Å². The molecule has 0 aliphatic carbocycles. The Morgan fingerprint density at radius 3 is 1.65 bits per heavy atom. The molecule has 2 rings (SSSR count). The zero-order chi connectivity index (χ0) is 23.8. The van der Waals surface area contributed by atoms with Crippen LogP contribution < -0.4 is 0 Å². The van der Waals surface area contributed by atoms with E-state index in [4.69, 9.17) is 19.7 Å². The zero-order valence-corrected chi connectivity index (χ0v) is 19.8. The van der Waals surface area contributed by atoms with E-state index in [0.29, 0.717) is 13.0 Å². The van der Waals surface area contributed by atoms with Gasteiger partial charge in [0, 0.05) is 31.8 Å². The highest BCUT2D eigenvalue weighted by Crippen LogP contribution is 2.23. The van der Waals surface area contributed by atoms with Crippen LogP contribution in [-0.2, 0) is 14.3 Å². The molecule has 0 spiro atoms. The Hall–Kier alpha value is -2.03. The minimum absolute atomic E-state index is 0.000751. The number of amides is 2. The lowest BCUT2D eigenvalue weighted by Crippen LogP contribution is -2.40. The van der Waals surface area contributed by atoms with E-state index in [0.717, 1.165) is 32.2 Å². The summed E-state index contributed by atoms with van der Waals surface area (Å²) < 4.78 is 10.5. The van der Waals surface area contributed by atoms with Gasteiger partial charge in [0.15, 0.2) is 0 Å². The number of nitrogens with zero attached hydrogens (tertiary/aromatic N) is 2. The molecular weight excluding hydrogens is 404 g/mol. The van der Waals surface area contributed by atoms with Gasteiger partial charge in [0.25, 0.3) is 0 Å². The van der Waals surface area contributed by atoms with Crippen molar-refractivity contribution in [2.24, 2.45) is 0 Å². The topological polar surface area (TPSA) is 117 Å². The third-order valence-electron chi connectivity index (χ3n) is 4.88. The number of likely N-dealkylation sites (tertiary alicyclic amines) is 2.